The normalized spacial score (nSPS) is 10.8. The summed E-state index contributed by atoms with van der Waals surface area (Å²) < 4.78 is 11.0. The molecule has 156 valence electrons. The number of nitriles is 1. The van der Waals surface area contributed by atoms with Crippen LogP contribution >= 0.6 is 11.6 Å². The lowest BCUT2D eigenvalue weighted by atomic mass is 10.1. The van der Waals surface area contributed by atoms with Crippen molar-refractivity contribution in [3.63, 3.8) is 0 Å². The average molecular weight is 430 g/mol. The summed E-state index contributed by atoms with van der Waals surface area (Å²) in [6.45, 7) is 2.62. The third-order valence-electron chi connectivity index (χ3n) is 4.03. The van der Waals surface area contributed by atoms with Gasteiger partial charge in [-0.1, -0.05) is 31.0 Å². The van der Waals surface area contributed by atoms with E-state index in [1.54, 1.807) is 18.2 Å². The number of halogens is 1. The Labute approximate surface area is 178 Å². The van der Waals surface area contributed by atoms with Gasteiger partial charge in [0.25, 0.3) is 11.6 Å². The minimum atomic E-state index is -0.699. The van der Waals surface area contributed by atoms with E-state index in [4.69, 9.17) is 21.1 Å². The Morgan fingerprint density at radius 1 is 1.30 bits per heavy atom. The zero-order chi connectivity index (χ0) is 22.1. The van der Waals surface area contributed by atoms with E-state index in [-0.39, 0.29) is 22.0 Å². The van der Waals surface area contributed by atoms with Crippen molar-refractivity contribution in [2.24, 2.45) is 0 Å². The highest BCUT2D eigenvalue weighted by atomic mass is 35.5. The average Bonchev–Trinajstić information content (AvgIpc) is 2.73. The van der Waals surface area contributed by atoms with Gasteiger partial charge in [0.2, 0.25) is 0 Å². The summed E-state index contributed by atoms with van der Waals surface area (Å²) in [5.74, 6) is 0.357. The Hall–Kier alpha value is -3.57. The number of hydrogen-bond donors (Lipinski definition) is 1. The van der Waals surface area contributed by atoms with Crippen molar-refractivity contribution in [3.05, 3.63) is 62.7 Å². The zero-order valence-corrected chi connectivity index (χ0v) is 17.2. The molecule has 0 fully saturated rings. The quantitative estimate of drug-likeness (QED) is 0.197. The lowest BCUT2D eigenvalue weighted by molar-refractivity contribution is -0.384. The standard InChI is InChI=1S/C21H20ClN3O5/c1-3-4-9-30-19-8-5-14(11-20(19)29-2)10-15(13-23)21(26)24-18-7-6-16(25(27)28)12-17(18)22/h5-8,10-12H,3-4,9H2,1-2H3,(H,24,26)/b15-10+. The summed E-state index contributed by atoms with van der Waals surface area (Å²) in [4.78, 5) is 22.7. The number of carbonyl (C=O) groups is 1. The van der Waals surface area contributed by atoms with Crippen LogP contribution in [0, 0.1) is 21.4 Å². The molecule has 0 unspecified atom stereocenters. The molecule has 0 aliphatic rings. The molecule has 0 atom stereocenters. The number of non-ortho nitro benzene ring substituents is 1. The van der Waals surface area contributed by atoms with Gasteiger partial charge in [-0.2, -0.15) is 5.26 Å². The second-order valence-corrected chi connectivity index (χ2v) is 6.56. The smallest absolute Gasteiger partial charge is 0.271 e. The Morgan fingerprint density at radius 2 is 2.07 bits per heavy atom. The fourth-order valence-corrected chi connectivity index (χ4v) is 2.67. The fourth-order valence-electron chi connectivity index (χ4n) is 2.44. The van der Waals surface area contributed by atoms with Gasteiger partial charge >= 0.3 is 0 Å². The van der Waals surface area contributed by atoms with Gasteiger partial charge in [-0.05, 0) is 36.3 Å². The third-order valence-corrected chi connectivity index (χ3v) is 4.34. The fraction of sp³-hybridized carbons (Fsp3) is 0.238. The van der Waals surface area contributed by atoms with Crippen LogP contribution in [0.5, 0.6) is 11.5 Å². The van der Waals surface area contributed by atoms with E-state index in [2.05, 4.69) is 12.2 Å². The molecule has 0 aromatic heterocycles. The zero-order valence-electron chi connectivity index (χ0n) is 16.5. The van der Waals surface area contributed by atoms with Gasteiger partial charge in [-0.3, -0.25) is 14.9 Å². The van der Waals surface area contributed by atoms with Crippen molar-refractivity contribution < 1.29 is 19.2 Å². The first kappa shape index (κ1) is 22.7. The van der Waals surface area contributed by atoms with Gasteiger partial charge in [-0.25, -0.2) is 0 Å². The maximum atomic E-state index is 12.5. The Morgan fingerprint density at radius 3 is 2.67 bits per heavy atom. The largest absolute Gasteiger partial charge is 0.493 e. The monoisotopic (exact) mass is 429 g/mol. The Balaban J connectivity index is 2.21. The lowest BCUT2D eigenvalue weighted by Crippen LogP contribution is -2.13. The van der Waals surface area contributed by atoms with Crippen LogP contribution in [0.4, 0.5) is 11.4 Å². The van der Waals surface area contributed by atoms with Crippen LogP contribution in [0.15, 0.2) is 42.0 Å². The van der Waals surface area contributed by atoms with E-state index in [0.717, 1.165) is 18.9 Å². The molecule has 0 saturated carbocycles. The van der Waals surface area contributed by atoms with Crippen LogP contribution in [0.1, 0.15) is 25.3 Å². The van der Waals surface area contributed by atoms with Crippen molar-refractivity contribution >= 4 is 35.0 Å². The van der Waals surface area contributed by atoms with Gasteiger partial charge < -0.3 is 14.8 Å². The van der Waals surface area contributed by atoms with E-state index >= 15 is 0 Å². The molecule has 2 aromatic rings. The first-order valence-corrected chi connectivity index (χ1v) is 9.45. The number of carbonyl (C=O) groups excluding carboxylic acids is 1. The minimum absolute atomic E-state index is 0.00918. The minimum Gasteiger partial charge on any atom is -0.493 e. The van der Waals surface area contributed by atoms with Crippen molar-refractivity contribution in [2.75, 3.05) is 19.0 Å². The number of nitrogens with zero attached hydrogens (tertiary/aromatic N) is 2. The predicted octanol–water partition coefficient (Wildman–Crippen LogP) is 4.98. The molecule has 30 heavy (non-hydrogen) atoms. The molecule has 9 heteroatoms. The third kappa shape index (κ3) is 5.96. The first-order chi connectivity index (χ1) is 14.4. The number of nitro benzene ring substituents is 1. The van der Waals surface area contributed by atoms with Crippen LogP contribution in [-0.4, -0.2) is 24.5 Å². The number of methoxy groups -OCH3 is 1. The number of rotatable bonds is 9. The molecular weight excluding hydrogens is 410 g/mol. The summed E-state index contributed by atoms with van der Waals surface area (Å²) in [5.41, 5.74) is 0.343. The van der Waals surface area contributed by atoms with Gasteiger partial charge in [-0.15, -0.1) is 0 Å². The Bertz CT molecular complexity index is 1010. The molecular formula is C21H20ClN3O5. The van der Waals surface area contributed by atoms with Crippen LogP contribution in [0.2, 0.25) is 5.02 Å². The number of hydrogen-bond acceptors (Lipinski definition) is 6. The molecule has 0 heterocycles. The van der Waals surface area contributed by atoms with Gasteiger partial charge in [0.05, 0.1) is 29.4 Å². The molecule has 0 radical (unpaired) electrons. The molecule has 0 saturated heterocycles. The first-order valence-electron chi connectivity index (χ1n) is 9.07. The van der Waals surface area contributed by atoms with Crippen LogP contribution < -0.4 is 14.8 Å². The van der Waals surface area contributed by atoms with E-state index in [0.29, 0.717) is 23.7 Å². The van der Waals surface area contributed by atoms with Crippen molar-refractivity contribution in [1.82, 2.24) is 0 Å². The van der Waals surface area contributed by atoms with Crippen molar-refractivity contribution in [1.29, 1.82) is 5.26 Å². The molecule has 1 amide bonds. The van der Waals surface area contributed by atoms with Crippen LogP contribution in [-0.2, 0) is 4.79 Å². The maximum Gasteiger partial charge on any atom is 0.271 e. The van der Waals surface area contributed by atoms with Crippen LogP contribution in [0.25, 0.3) is 6.08 Å². The molecule has 0 aliphatic carbocycles. The highest BCUT2D eigenvalue weighted by Crippen LogP contribution is 2.30. The topological polar surface area (TPSA) is 114 Å². The van der Waals surface area contributed by atoms with E-state index < -0.39 is 10.8 Å². The number of benzene rings is 2. The van der Waals surface area contributed by atoms with E-state index in [1.807, 2.05) is 6.07 Å². The summed E-state index contributed by atoms with van der Waals surface area (Å²) in [7, 11) is 1.50. The van der Waals surface area contributed by atoms with Crippen molar-refractivity contribution in [3.8, 4) is 17.6 Å². The van der Waals surface area contributed by atoms with Crippen LogP contribution in [0.3, 0.4) is 0 Å². The predicted molar refractivity (Wildman–Crippen MR) is 114 cm³/mol. The summed E-state index contributed by atoms with van der Waals surface area (Å²) in [5, 5.41) is 22.6. The number of nitro groups is 1. The number of amides is 1. The summed E-state index contributed by atoms with van der Waals surface area (Å²) >= 11 is 5.98. The molecule has 2 aromatic carbocycles. The maximum absolute atomic E-state index is 12.5. The summed E-state index contributed by atoms with van der Waals surface area (Å²) in [6, 6.07) is 10.5. The van der Waals surface area contributed by atoms with E-state index in [9.17, 15) is 20.2 Å². The van der Waals surface area contributed by atoms with Crippen molar-refractivity contribution in [2.45, 2.75) is 19.8 Å². The second kappa shape index (κ2) is 10.8. The molecule has 0 bridgehead atoms. The van der Waals surface area contributed by atoms with Gasteiger partial charge in [0, 0.05) is 12.1 Å². The Kier molecular flexibility index (Phi) is 8.20. The molecule has 1 N–H and O–H groups in total. The molecule has 8 nitrogen and oxygen atoms in total. The number of unbranched alkanes of at least 4 members (excludes halogenated alkanes) is 1. The molecule has 0 aliphatic heterocycles. The van der Waals surface area contributed by atoms with E-state index in [1.165, 1.54) is 25.3 Å². The van der Waals surface area contributed by atoms with Gasteiger partial charge in [0.15, 0.2) is 11.5 Å². The summed E-state index contributed by atoms with van der Waals surface area (Å²) in [6.07, 6.45) is 3.31. The number of nitrogens with one attached hydrogen (secondary N) is 1. The highest BCUT2D eigenvalue weighted by molar-refractivity contribution is 6.34. The molecule has 0 spiro atoms. The second-order valence-electron chi connectivity index (χ2n) is 6.16. The van der Waals surface area contributed by atoms with Gasteiger partial charge in [0.1, 0.15) is 11.6 Å². The molecule has 2 rings (SSSR count). The SMILES string of the molecule is CCCCOc1ccc(/C=C(\C#N)C(=O)Nc2ccc([N+](=O)[O-])cc2Cl)cc1OC. The highest BCUT2D eigenvalue weighted by Gasteiger charge is 2.15. The number of ether oxygens (including phenoxy) is 2. The lowest BCUT2D eigenvalue weighted by Gasteiger charge is -2.11. The number of anilines is 1.